The molecular weight excluding hydrogens is 426 g/mol. The minimum atomic E-state index is -3.93. The molecule has 2 unspecified atom stereocenters. The summed E-state index contributed by atoms with van der Waals surface area (Å²) < 4.78 is 28.7. The molecule has 3 rings (SSSR count). The van der Waals surface area contributed by atoms with Gasteiger partial charge >= 0.3 is 0 Å². The van der Waals surface area contributed by atoms with Crippen LogP contribution in [0.15, 0.2) is 47.4 Å². The molecule has 0 fully saturated rings. The van der Waals surface area contributed by atoms with Crippen LogP contribution in [0.25, 0.3) is 0 Å². The summed E-state index contributed by atoms with van der Waals surface area (Å²) in [6, 6.07) is 11.6. The first-order valence-corrected chi connectivity index (χ1v) is 12.3. The van der Waals surface area contributed by atoms with E-state index in [9.17, 15) is 18.0 Å². The second-order valence-corrected chi connectivity index (χ2v) is 10.5. The lowest BCUT2D eigenvalue weighted by Crippen LogP contribution is -2.49. The lowest BCUT2D eigenvalue weighted by molar-refractivity contribution is -0.123. The maximum absolute atomic E-state index is 13.1. The number of sulfonamides is 1. The number of nitrogens with one attached hydrogen (secondary N) is 2. The quantitative estimate of drug-likeness (QED) is 0.668. The van der Waals surface area contributed by atoms with Crippen molar-refractivity contribution in [3.8, 4) is 0 Å². The van der Waals surface area contributed by atoms with Gasteiger partial charge in [-0.2, -0.15) is 4.72 Å². The fourth-order valence-electron chi connectivity index (χ4n) is 3.99. The zero-order valence-electron chi connectivity index (χ0n) is 19.2. The Morgan fingerprint density at radius 1 is 1.12 bits per heavy atom. The molecular formula is C24H31N3O4S. The average molecular weight is 458 g/mol. The van der Waals surface area contributed by atoms with Gasteiger partial charge in [-0.25, -0.2) is 8.42 Å². The van der Waals surface area contributed by atoms with Gasteiger partial charge in [0, 0.05) is 25.2 Å². The Labute approximate surface area is 190 Å². The molecule has 0 bridgehead atoms. The molecule has 172 valence electrons. The van der Waals surface area contributed by atoms with E-state index < -0.39 is 16.1 Å². The van der Waals surface area contributed by atoms with E-state index in [2.05, 4.69) is 10.0 Å². The lowest BCUT2D eigenvalue weighted by Gasteiger charge is -2.22. The SMILES string of the molecule is CC(=O)N1c2ccc(S(=O)(=O)NC(C(=O)NCc3ccc(C)cc3)C(C)C)cc2CC1C. The number of carbonyl (C=O) groups is 2. The standard InChI is InChI=1S/C24H31N3O4S/c1-15(2)23(24(29)25-14-19-8-6-16(3)7-9-19)26-32(30,31)21-10-11-22-20(13-21)12-17(4)27(22)18(5)28/h6-11,13,15,17,23,26H,12,14H2,1-5H3,(H,25,29). The topological polar surface area (TPSA) is 95.6 Å². The molecule has 0 saturated carbocycles. The number of amides is 2. The van der Waals surface area contributed by atoms with Crippen molar-refractivity contribution < 1.29 is 18.0 Å². The highest BCUT2D eigenvalue weighted by molar-refractivity contribution is 7.89. The Bertz CT molecular complexity index is 1110. The first-order valence-electron chi connectivity index (χ1n) is 10.8. The number of anilines is 1. The molecule has 7 nitrogen and oxygen atoms in total. The number of nitrogens with zero attached hydrogens (tertiary/aromatic N) is 1. The molecule has 0 radical (unpaired) electrons. The summed E-state index contributed by atoms with van der Waals surface area (Å²) in [5.74, 6) is -0.692. The van der Waals surface area contributed by atoms with E-state index in [-0.39, 0.29) is 28.7 Å². The first kappa shape index (κ1) is 23.9. The number of rotatable bonds is 7. The summed E-state index contributed by atoms with van der Waals surface area (Å²) in [5.41, 5.74) is 3.61. The molecule has 2 atom stereocenters. The van der Waals surface area contributed by atoms with E-state index >= 15 is 0 Å². The van der Waals surface area contributed by atoms with Crippen LogP contribution in [0.1, 0.15) is 44.4 Å². The highest BCUT2D eigenvalue weighted by Crippen LogP contribution is 2.34. The van der Waals surface area contributed by atoms with E-state index in [1.165, 1.54) is 13.0 Å². The molecule has 0 aromatic heterocycles. The summed E-state index contributed by atoms with van der Waals surface area (Å²) in [6.45, 7) is 9.34. The zero-order chi connectivity index (χ0) is 23.6. The third-order valence-corrected chi connectivity index (χ3v) is 7.17. The number of fused-ring (bicyclic) bond motifs is 1. The molecule has 32 heavy (non-hydrogen) atoms. The molecule has 2 aromatic rings. The summed E-state index contributed by atoms with van der Waals surface area (Å²) >= 11 is 0. The molecule has 1 aliphatic heterocycles. The molecule has 2 N–H and O–H groups in total. The highest BCUT2D eigenvalue weighted by Gasteiger charge is 2.32. The predicted molar refractivity (Wildman–Crippen MR) is 125 cm³/mol. The maximum atomic E-state index is 13.1. The number of hydrogen-bond acceptors (Lipinski definition) is 4. The number of aryl methyl sites for hydroxylation is 1. The van der Waals surface area contributed by atoms with Gasteiger partial charge in [-0.05, 0) is 55.5 Å². The monoisotopic (exact) mass is 457 g/mol. The van der Waals surface area contributed by atoms with Gasteiger partial charge < -0.3 is 10.2 Å². The van der Waals surface area contributed by atoms with Crippen LogP contribution in [0, 0.1) is 12.8 Å². The van der Waals surface area contributed by atoms with Crippen LogP contribution in [0.5, 0.6) is 0 Å². The van der Waals surface area contributed by atoms with Gasteiger partial charge in [-0.3, -0.25) is 9.59 Å². The Balaban J connectivity index is 1.75. The third-order valence-electron chi connectivity index (χ3n) is 5.73. The van der Waals surface area contributed by atoms with Crippen molar-refractivity contribution in [1.82, 2.24) is 10.0 Å². The minimum Gasteiger partial charge on any atom is -0.351 e. The predicted octanol–water partition coefficient (Wildman–Crippen LogP) is 2.91. The minimum absolute atomic E-state index is 0.0237. The summed E-state index contributed by atoms with van der Waals surface area (Å²) in [6.07, 6.45) is 0.586. The molecule has 2 aromatic carbocycles. The van der Waals surface area contributed by atoms with E-state index in [1.807, 2.05) is 38.1 Å². The van der Waals surface area contributed by atoms with Crippen LogP contribution in [-0.4, -0.2) is 32.3 Å². The van der Waals surface area contributed by atoms with Gasteiger partial charge in [0.25, 0.3) is 0 Å². The smallest absolute Gasteiger partial charge is 0.241 e. The normalized spacial score (nSPS) is 16.7. The molecule has 2 amide bonds. The van der Waals surface area contributed by atoms with Gasteiger partial charge in [0.15, 0.2) is 0 Å². The van der Waals surface area contributed by atoms with Crippen LogP contribution in [-0.2, 0) is 32.6 Å². The molecule has 0 aliphatic carbocycles. The van der Waals surface area contributed by atoms with Crippen molar-refractivity contribution >= 4 is 27.5 Å². The number of carbonyl (C=O) groups excluding carboxylic acids is 2. The van der Waals surface area contributed by atoms with E-state index in [0.29, 0.717) is 13.0 Å². The van der Waals surface area contributed by atoms with Gasteiger partial charge in [0.05, 0.1) is 4.90 Å². The summed E-state index contributed by atoms with van der Waals surface area (Å²) in [4.78, 5) is 26.5. The second-order valence-electron chi connectivity index (χ2n) is 8.78. The van der Waals surface area contributed by atoms with Crippen LogP contribution >= 0.6 is 0 Å². The number of benzene rings is 2. The molecule has 8 heteroatoms. The van der Waals surface area contributed by atoms with Crippen molar-refractivity contribution in [2.75, 3.05) is 4.90 Å². The average Bonchev–Trinajstić information content (AvgIpc) is 3.06. The van der Waals surface area contributed by atoms with Crippen molar-refractivity contribution in [3.05, 3.63) is 59.2 Å². The molecule has 1 heterocycles. The van der Waals surface area contributed by atoms with Gasteiger partial charge in [0.1, 0.15) is 6.04 Å². The van der Waals surface area contributed by atoms with Crippen molar-refractivity contribution in [1.29, 1.82) is 0 Å². The van der Waals surface area contributed by atoms with Crippen molar-refractivity contribution in [2.24, 2.45) is 5.92 Å². The Morgan fingerprint density at radius 2 is 1.78 bits per heavy atom. The van der Waals surface area contributed by atoms with Crippen LogP contribution in [0.3, 0.4) is 0 Å². The van der Waals surface area contributed by atoms with Gasteiger partial charge in [-0.1, -0.05) is 43.7 Å². The zero-order valence-corrected chi connectivity index (χ0v) is 20.0. The van der Waals surface area contributed by atoms with Crippen molar-refractivity contribution in [2.45, 2.75) is 64.6 Å². The molecule has 0 spiro atoms. The van der Waals surface area contributed by atoms with E-state index in [4.69, 9.17) is 0 Å². The third kappa shape index (κ3) is 5.19. The Kier molecular flexibility index (Phi) is 7.05. The van der Waals surface area contributed by atoms with Crippen LogP contribution in [0.4, 0.5) is 5.69 Å². The van der Waals surface area contributed by atoms with Gasteiger partial charge in [-0.15, -0.1) is 0 Å². The summed E-state index contributed by atoms with van der Waals surface area (Å²) in [5, 5.41) is 2.83. The highest BCUT2D eigenvalue weighted by atomic mass is 32.2. The van der Waals surface area contributed by atoms with Crippen LogP contribution < -0.4 is 14.9 Å². The largest absolute Gasteiger partial charge is 0.351 e. The fourth-order valence-corrected chi connectivity index (χ4v) is 5.38. The fraction of sp³-hybridized carbons (Fsp3) is 0.417. The Hall–Kier alpha value is -2.71. The lowest BCUT2D eigenvalue weighted by atomic mass is 10.0. The summed E-state index contributed by atoms with van der Waals surface area (Å²) in [7, 11) is -3.93. The second kappa shape index (κ2) is 9.42. The maximum Gasteiger partial charge on any atom is 0.241 e. The Morgan fingerprint density at radius 3 is 2.38 bits per heavy atom. The van der Waals surface area contributed by atoms with E-state index in [0.717, 1.165) is 22.4 Å². The number of hydrogen-bond donors (Lipinski definition) is 2. The van der Waals surface area contributed by atoms with Gasteiger partial charge in [0.2, 0.25) is 21.8 Å². The molecule has 1 aliphatic rings. The van der Waals surface area contributed by atoms with E-state index in [1.54, 1.807) is 30.9 Å². The molecule has 0 saturated heterocycles. The van der Waals surface area contributed by atoms with Crippen molar-refractivity contribution in [3.63, 3.8) is 0 Å². The first-order chi connectivity index (χ1) is 15.0. The van der Waals surface area contributed by atoms with Crippen LogP contribution in [0.2, 0.25) is 0 Å².